The maximum atomic E-state index is 12.5. The van der Waals surface area contributed by atoms with Crippen LogP contribution in [0.5, 0.6) is 6.01 Å². The summed E-state index contributed by atoms with van der Waals surface area (Å²) in [6.45, 7) is 10.4. The summed E-state index contributed by atoms with van der Waals surface area (Å²) < 4.78 is 5.63. The predicted molar refractivity (Wildman–Crippen MR) is 116 cm³/mol. The Bertz CT molecular complexity index is 694. The number of nitrogens with zero attached hydrogens (tertiary/aromatic N) is 4. The highest BCUT2D eigenvalue weighted by molar-refractivity contribution is 6.01. The smallest absolute Gasteiger partial charge is 0.320 e. The number of likely N-dealkylation sites (tertiary alicyclic amines) is 1. The molecule has 7 heteroatoms. The maximum Gasteiger partial charge on any atom is 0.320 e. The van der Waals surface area contributed by atoms with Crippen molar-refractivity contribution >= 4 is 17.5 Å². The lowest BCUT2D eigenvalue weighted by atomic mass is 9.92. The van der Waals surface area contributed by atoms with Crippen LogP contribution in [0.25, 0.3) is 0 Å². The molecule has 162 valence electrons. The second-order valence-electron chi connectivity index (χ2n) is 8.71. The number of amides is 1. The van der Waals surface area contributed by atoms with Crippen LogP contribution in [-0.4, -0.2) is 53.1 Å². The van der Waals surface area contributed by atoms with Crippen LogP contribution in [0, 0.1) is 5.92 Å². The van der Waals surface area contributed by atoms with Crippen LogP contribution in [0.4, 0.5) is 11.6 Å². The van der Waals surface area contributed by atoms with Crippen LogP contribution in [0.1, 0.15) is 71.3 Å². The highest BCUT2D eigenvalue weighted by Crippen LogP contribution is 2.32. The van der Waals surface area contributed by atoms with Gasteiger partial charge in [0.05, 0.1) is 13.0 Å². The Kier molecular flexibility index (Phi) is 7.70. The first-order valence-corrected chi connectivity index (χ1v) is 11.3. The molecule has 2 aliphatic heterocycles. The van der Waals surface area contributed by atoms with E-state index in [-0.39, 0.29) is 11.9 Å². The molecule has 1 amide bonds. The lowest BCUT2D eigenvalue weighted by Crippen LogP contribution is -2.39. The summed E-state index contributed by atoms with van der Waals surface area (Å²) >= 11 is 0. The van der Waals surface area contributed by atoms with Gasteiger partial charge in [0.25, 0.3) is 0 Å². The van der Waals surface area contributed by atoms with Crippen LogP contribution in [0.2, 0.25) is 0 Å². The molecule has 3 rings (SSSR count). The number of ether oxygens (including phenoxy) is 1. The van der Waals surface area contributed by atoms with Crippen LogP contribution in [0.3, 0.4) is 0 Å². The molecule has 2 aliphatic rings. The predicted octanol–water partition coefficient (Wildman–Crippen LogP) is 3.42. The van der Waals surface area contributed by atoms with Crippen LogP contribution >= 0.6 is 0 Å². The van der Waals surface area contributed by atoms with Crippen molar-refractivity contribution in [2.24, 2.45) is 5.92 Å². The van der Waals surface area contributed by atoms with Crippen LogP contribution in [0.15, 0.2) is 0 Å². The molecule has 0 bridgehead atoms. The number of piperidine rings is 1. The second kappa shape index (κ2) is 10.2. The van der Waals surface area contributed by atoms with E-state index in [4.69, 9.17) is 10.5 Å². The minimum absolute atomic E-state index is 0.0651. The standard InChI is InChI=1S/C22H37N5O2/c1-4-5-13-29-22-24-20(23)18-14-19(28)27(21(18)25-22)12-7-6-9-17-10-8-11-26(15-17)16(2)3/h16-17H,4-15H2,1-3H3,(H2,23,24,25). The van der Waals surface area contributed by atoms with Crippen molar-refractivity contribution in [3.05, 3.63) is 5.56 Å². The van der Waals surface area contributed by atoms with Crippen molar-refractivity contribution in [2.45, 2.75) is 78.2 Å². The molecule has 1 unspecified atom stereocenters. The fourth-order valence-electron chi connectivity index (χ4n) is 4.33. The fourth-order valence-corrected chi connectivity index (χ4v) is 4.33. The zero-order chi connectivity index (χ0) is 20.8. The minimum atomic E-state index is 0.0651. The molecule has 1 atom stereocenters. The van der Waals surface area contributed by atoms with Crippen molar-refractivity contribution in [3.63, 3.8) is 0 Å². The quantitative estimate of drug-likeness (QED) is 0.603. The number of hydrogen-bond acceptors (Lipinski definition) is 6. The van der Waals surface area contributed by atoms with Gasteiger partial charge in [0.1, 0.15) is 11.6 Å². The van der Waals surface area contributed by atoms with Gasteiger partial charge in [0.15, 0.2) is 0 Å². The molecule has 0 radical (unpaired) electrons. The number of carbonyl (C=O) groups is 1. The Labute approximate surface area is 175 Å². The van der Waals surface area contributed by atoms with Gasteiger partial charge < -0.3 is 15.4 Å². The molecule has 1 aromatic rings. The maximum absolute atomic E-state index is 12.5. The van der Waals surface area contributed by atoms with E-state index in [0.717, 1.165) is 37.2 Å². The number of rotatable bonds is 10. The summed E-state index contributed by atoms with van der Waals surface area (Å²) in [6, 6.07) is 0.917. The van der Waals surface area contributed by atoms with Crippen molar-refractivity contribution in [1.29, 1.82) is 0 Å². The van der Waals surface area contributed by atoms with E-state index in [1.807, 2.05) is 0 Å². The average Bonchev–Trinajstić information content (AvgIpc) is 3.02. The van der Waals surface area contributed by atoms with E-state index in [1.54, 1.807) is 4.90 Å². The van der Waals surface area contributed by atoms with Gasteiger partial charge in [-0.15, -0.1) is 0 Å². The number of anilines is 2. The van der Waals surface area contributed by atoms with Gasteiger partial charge in [-0.3, -0.25) is 9.69 Å². The van der Waals surface area contributed by atoms with Crippen molar-refractivity contribution in [2.75, 3.05) is 36.9 Å². The van der Waals surface area contributed by atoms with E-state index < -0.39 is 0 Å². The zero-order valence-electron chi connectivity index (χ0n) is 18.3. The monoisotopic (exact) mass is 403 g/mol. The minimum Gasteiger partial charge on any atom is -0.463 e. The third-order valence-electron chi connectivity index (χ3n) is 6.14. The molecule has 29 heavy (non-hydrogen) atoms. The second-order valence-corrected chi connectivity index (χ2v) is 8.71. The highest BCUT2D eigenvalue weighted by Gasteiger charge is 2.32. The van der Waals surface area contributed by atoms with Crippen molar-refractivity contribution in [3.8, 4) is 6.01 Å². The molecule has 1 saturated heterocycles. The van der Waals surface area contributed by atoms with Crippen molar-refractivity contribution < 1.29 is 9.53 Å². The van der Waals surface area contributed by atoms with Crippen LogP contribution in [-0.2, 0) is 11.2 Å². The SMILES string of the molecule is CCCCOc1nc(N)c2c(n1)N(CCCCC1CCCN(C(C)C)C1)C(=O)C2. The normalized spacial score (nSPS) is 19.8. The average molecular weight is 404 g/mol. The summed E-state index contributed by atoms with van der Waals surface area (Å²) in [4.78, 5) is 25.6. The molecule has 0 aliphatic carbocycles. The molecule has 2 N–H and O–H groups in total. The van der Waals surface area contributed by atoms with Crippen molar-refractivity contribution in [1.82, 2.24) is 14.9 Å². The molecular formula is C22H37N5O2. The highest BCUT2D eigenvalue weighted by atomic mass is 16.5. The molecule has 3 heterocycles. The molecule has 0 spiro atoms. The summed E-state index contributed by atoms with van der Waals surface area (Å²) in [6.07, 6.45) is 8.27. The van der Waals surface area contributed by atoms with Gasteiger partial charge in [-0.25, -0.2) is 0 Å². The molecule has 7 nitrogen and oxygen atoms in total. The van der Waals surface area contributed by atoms with Gasteiger partial charge >= 0.3 is 6.01 Å². The number of hydrogen-bond donors (Lipinski definition) is 1. The topological polar surface area (TPSA) is 84.6 Å². The number of unbranched alkanes of at least 4 members (excludes halogenated alkanes) is 2. The third kappa shape index (κ3) is 5.59. The molecule has 1 fully saturated rings. The first-order valence-electron chi connectivity index (χ1n) is 11.3. The summed E-state index contributed by atoms with van der Waals surface area (Å²) in [7, 11) is 0. The van der Waals surface area contributed by atoms with Gasteiger partial charge in [0.2, 0.25) is 5.91 Å². The Morgan fingerprint density at radius 3 is 2.83 bits per heavy atom. The Balaban J connectivity index is 1.52. The molecule has 0 aromatic carbocycles. The lowest BCUT2D eigenvalue weighted by molar-refractivity contribution is -0.117. The van der Waals surface area contributed by atoms with Gasteiger partial charge in [-0.2, -0.15) is 9.97 Å². The Hall–Kier alpha value is -1.89. The Morgan fingerprint density at radius 2 is 2.07 bits per heavy atom. The van der Waals surface area contributed by atoms with E-state index in [9.17, 15) is 4.79 Å². The van der Waals surface area contributed by atoms with Gasteiger partial charge in [0, 0.05) is 24.7 Å². The first kappa shape index (κ1) is 21.8. The fraction of sp³-hybridized carbons (Fsp3) is 0.773. The van der Waals surface area contributed by atoms with E-state index in [1.165, 1.54) is 32.4 Å². The van der Waals surface area contributed by atoms with E-state index >= 15 is 0 Å². The number of nitrogens with two attached hydrogens (primary N) is 1. The summed E-state index contributed by atoms with van der Waals surface area (Å²) in [5, 5.41) is 0. The van der Waals surface area contributed by atoms with E-state index in [0.29, 0.717) is 37.3 Å². The number of aromatic nitrogens is 2. The lowest BCUT2D eigenvalue weighted by Gasteiger charge is -2.35. The Morgan fingerprint density at radius 1 is 1.24 bits per heavy atom. The van der Waals surface area contributed by atoms with Crippen LogP contribution < -0.4 is 15.4 Å². The largest absolute Gasteiger partial charge is 0.463 e. The molecular weight excluding hydrogens is 366 g/mol. The zero-order valence-corrected chi connectivity index (χ0v) is 18.3. The summed E-state index contributed by atoms with van der Waals surface area (Å²) in [5.74, 6) is 1.87. The molecule has 1 aromatic heterocycles. The van der Waals surface area contributed by atoms with Gasteiger partial charge in [-0.05, 0) is 58.4 Å². The summed E-state index contributed by atoms with van der Waals surface area (Å²) in [5.41, 5.74) is 6.82. The van der Waals surface area contributed by atoms with E-state index in [2.05, 4.69) is 35.6 Å². The molecule has 0 saturated carbocycles. The number of nitrogen functional groups attached to an aromatic ring is 1. The third-order valence-corrected chi connectivity index (χ3v) is 6.14. The first-order chi connectivity index (χ1) is 14.0. The number of carbonyl (C=O) groups excluding carboxylic acids is 1. The van der Waals surface area contributed by atoms with Gasteiger partial charge in [-0.1, -0.05) is 19.8 Å². The number of fused-ring (bicyclic) bond motifs is 1.